The maximum Gasteiger partial charge on any atom is 0.170 e. The van der Waals surface area contributed by atoms with E-state index in [1.807, 2.05) is 0 Å². The minimum Gasteiger partial charge on any atom is -0.362 e. The molecule has 3 rings (SSSR count). The van der Waals surface area contributed by atoms with Gasteiger partial charge in [0.2, 0.25) is 0 Å². The van der Waals surface area contributed by atoms with Crippen molar-refractivity contribution in [2.75, 3.05) is 11.9 Å². The normalized spacial score (nSPS) is 12.0. The standard InChI is InChI=1S/C18H19BrN2S/c1-11(2)10-20-18(22)21-15-4-6-17-13(9-15)7-12-8-14(19)3-5-16(12)17/h3-6,8-9,11H,7,10H2,1-2H3,(H2,20,21,22). The van der Waals surface area contributed by atoms with Crippen molar-refractivity contribution in [2.45, 2.75) is 20.3 Å². The van der Waals surface area contributed by atoms with Crippen LogP contribution in [0, 0.1) is 5.92 Å². The second kappa shape index (κ2) is 6.39. The van der Waals surface area contributed by atoms with E-state index in [2.05, 4.69) is 76.8 Å². The Bertz CT molecular complexity index is 725. The quantitative estimate of drug-likeness (QED) is 0.633. The van der Waals surface area contributed by atoms with Crippen LogP contribution in [0.25, 0.3) is 11.1 Å². The third kappa shape index (κ3) is 3.33. The van der Waals surface area contributed by atoms with Crippen LogP contribution < -0.4 is 10.6 Å². The van der Waals surface area contributed by atoms with Crippen LogP contribution in [0.2, 0.25) is 0 Å². The molecule has 2 nitrogen and oxygen atoms in total. The number of anilines is 1. The van der Waals surface area contributed by atoms with Gasteiger partial charge in [-0.1, -0.05) is 41.9 Å². The maximum atomic E-state index is 5.34. The van der Waals surface area contributed by atoms with Crippen molar-refractivity contribution in [3.63, 3.8) is 0 Å². The summed E-state index contributed by atoms with van der Waals surface area (Å²) in [5, 5.41) is 7.20. The number of rotatable bonds is 3. The molecule has 4 heteroatoms. The van der Waals surface area contributed by atoms with E-state index >= 15 is 0 Å². The van der Waals surface area contributed by atoms with Crippen LogP contribution in [0.1, 0.15) is 25.0 Å². The monoisotopic (exact) mass is 374 g/mol. The van der Waals surface area contributed by atoms with Gasteiger partial charge in [-0.05, 0) is 71.1 Å². The predicted molar refractivity (Wildman–Crippen MR) is 101 cm³/mol. The summed E-state index contributed by atoms with van der Waals surface area (Å²) < 4.78 is 1.14. The zero-order chi connectivity index (χ0) is 15.7. The molecule has 0 amide bonds. The highest BCUT2D eigenvalue weighted by molar-refractivity contribution is 9.10. The first-order valence-corrected chi connectivity index (χ1v) is 8.69. The number of hydrogen-bond donors (Lipinski definition) is 2. The molecule has 2 N–H and O–H groups in total. The molecular formula is C18H19BrN2S. The number of nitrogens with one attached hydrogen (secondary N) is 2. The Morgan fingerprint density at radius 2 is 1.82 bits per heavy atom. The van der Waals surface area contributed by atoms with Gasteiger partial charge < -0.3 is 10.6 Å². The van der Waals surface area contributed by atoms with E-state index < -0.39 is 0 Å². The van der Waals surface area contributed by atoms with Crippen molar-refractivity contribution in [3.05, 3.63) is 52.0 Å². The van der Waals surface area contributed by atoms with Gasteiger partial charge in [-0.15, -0.1) is 0 Å². The lowest BCUT2D eigenvalue weighted by atomic mass is 10.1. The number of benzene rings is 2. The molecule has 1 aliphatic carbocycles. The van der Waals surface area contributed by atoms with Crippen molar-refractivity contribution in [3.8, 4) is 11.1 Å². The van der Waals surface area contributed by atoms with E-state index in [4.69, 9.17) is 12.2 Å². The lowest BCUT2D eigenvalue weighted by Crippen LogP contribution is -2.31. The molecule has 22 heavy (non-hydrogen) atoms. The summed E-state index contributed by atoms with van der Waals surface area (Å²) in [5.74, 6) is 0.577. The molecule has 2 aromatic rings. The largest absolute Gasteiger partial charge is 0.362 e. The van der Waals surface area contributed by atoms with Gasteiger partial charge >= 0.3 is 0 Å². The summed E-state index contributed by atoms with van der Waals surface area (Å²) in [5.41, 5.74) is 6.44. The molecule has 0 atom stereocenters. The van der Waals surface area contributed by atoms with Crippen molar-refractivity contribution in [1.82, 2.24) is 5.32 Å². The average Bonchev–Trinajstić information content (AvgIpc) is 2.81. The van der Waals surface area contributed by atoms with E-state index in [0.717, 1.165) is 23.1 Å². The van der Waals surface area contributed by atoms with E-state index in [1.165, 1.54) is 22.3 Å². The topological polar surface area (TPSA) is 24.1 Å². The molecule has 114 valence electrons. The molecule has 2 aromatic carbocycles. The molecule has 0 bridgehead atoms. The van der Waals surface area contributed by atoms with Gasteiger partial charge in [-0.25, -0.2) is 0 Å². The molecule has 0 radical (unpaired) electrons. The SMILES string of the molecule is CC(C)CNC(=S)Nc1ccc2c(c1)Cc1cc(Br)ccc1-2. The summed E-state index contributed by atoms with van der Waals surface area (Å²) in [4.78, 5) is 0. The number of thiocarbonyl (C=S) groups is 1. The molecule has 0 heterocycles. The summed E-state index contributed by atoms with van der Waals surface area (Å²) in [6.07, 6.45) is 0.978. The van der Waals surface area contributed by atoms with Crippen LogP contribution in [0.15, 0.2) is 40.9 Å². The number of hydrogen-bond acceptors (Lipinski definition) is 1. The van der Waals surface area contributed by atoms with Gasteiger partial charge in [0, 0.05) is 16.7 Å². The van der Waals surface area contributed by atoms with Crippen molar-refractivity contribution >= 4 is 38.9 Å². The average molecular weight is 375 g/mol. The highest BCUT2D eigenvalue weighted by Gasteiger charge is 2.18. The van der Waals surface area contributed by atoms with E-state index in [1.54, 1.807) is 0 Å². The Kier molecular flexibility index (Phi) is 4.50. The van der Waals surface area contributed by atoms with Gasteiger partial charge in [-0.3, -0.25) is 0 Å². The molecular weight excluding hydrogens is 356 g/mol. The molecule has 1 aliphatic rings. The number of fused-ring (bicyclic) bond motifs is 3. The van der Waals surface area contributed by atoms with Gasteiger partial charge in [0.15, 0.2) is 5.11 Å². The van der Waals surface area contributed by atoms with Gasteiger partial charge in [0.25, 0.3) is 0 Å². The molecule has 0 saturated heterocycles. The van der Waals surface area contributed by atoms with Crippen LogP contribution in [-0.2, 0) is 6.42 Å². The molecule has 0 saturated carbocycles. The zero-order valence-electron chi connectivity index (χ0n) is 12.7. The lowest BCUT2D eigenvalue weighted by Gasteiger charge is -2.13. The first-order valence-electron chi connectivity index (χ1n) is 7.49. The minimum absolute atomic E-state index is 0.577. The van der Waals surface area contributed by atoms with Crippen LogP contribution in [0.3, 0.4) is 0 Å². The maximum absolute atomic E-state index is 5.34. The Morgan fingerprint density at radius 3 is 2.55 bits per heavy atom. The van der Waals surface area contributed by atoms with E-state index in [-0.39, 0.29) is 0 Å². The van der Waals surface area contributed by atoms with Gasteiger partial charge in [0.05, 0.1) is 0 Å². The first-order chi connectivity index (χ1) is 10.5. The molecule has 0 aliphatic heterocycles. The highest BCUT2D eigenvalue weighted by atomic mass is 79.9. The lowest BCUT2D eigenvalue weighted by molar-refractivity contribution is 0.627. The first kappa shape index (κ1) is 15.5. The van der Waals surface area contributed by atoms with Crippen LogP contribution in [-0.4, -0.2) is 11.7 Å². The van der Waals surface area contributed by atoms with E-state index in [0.29, 0.717) is 11.0 Å². The second-order valence-electron chi connectivity index (χ2n) is 6.08. The van der Waals surface area contributed by atoms with Crippen molar-refractivity contribution in [1.29, 1.82) is 0 Å². The Balaban J connectivity index is 1.75. The fourth-order valence-electron chi connectivity index (χ4n) is 2.73. The third-order valence-electron chi connectivity index (χ3n) is 3.77. The summed E-state index contributed by atoms with van der Waals surface area (Å²) >= 11 is 8.89. The fourth-order valence-corrected chi connectivity index (χ4v) is 3.34. The smallest absolute Gasteiger partial charge is 0.170 e. The Hall–Kier alpha value is -1.39. The van der Waals surface area contributed by atoms with Gasteiger partial charge in [-0.2, -0.15) is 0 Å². The van der Waals surface area contributed by atoms with Gasteiger partial charge in [0.1, 0.15) is 0 Å². The summed E-state index contributed by atoms with van der Waals surface area (Å²) in [7, 11) is 0. The van der Waals surface area contributed by atoms with Crippen LogP contribution in [0.4, 0.5) is 5.69 Å². The van der Waals surface area contributed by atoms with Crippen LogP contribution >= 0.6 is 28.1 Å². The molecule has 0 spiro atoms. The summed E-state index contributed by atoms with van der Waals surface area (Å²) in [6, 6.07) is 13.0. The second-order valence-corrected chi connectivity index (χ2v) is 7.40. The molecule has 0 aromatic heterocycles. The molecule has 0 fully saturated rings. The van der Waals surface area contributed by atoms with Crippen molar-refractivity contribution in [2.24, 2.45) is 5.92 Å². The minimum atomic E-state index is 0.577. The highest BCUT2D eigenvalue weighted by Crippen LogP contribution is 2.38. The fraction of sp³-hybridized carbons (Fsp3) is 0.278. The summed E-state index contributed by atoms with van der Waals surface area (Å²) in [6.45, 7) is 5.22. The van der Waals surface area contributed by atoms with Crippen LogP contribution in [0.5, 0.6) is 0 Å². The predicted octanol–water partition coefficient (Wildman–Crippen LogP) is 4.96. The molecule has 0 unspecified atom stereocenters. The van der Waals surface area contributed by atoms with Crippen molar-refractivity contribution < 1.29 is 0 Å². The van der Waals surface area contributed by atoms with E-state index in [9.17, 15) is 0 Å². The number of halogens is 1. The Morgan fingerprint density at radius 1 is 1.14 bits per heavy atom. The zero-order valence-corrected chi connectivity index (χ0v) is 15.1. The third-order valence-corrected chi connectivity index (χ3v) is 4.51. The Labute approximate surface area is 145 Å².